The van der Waals surface area contributed by atoms with Gasteiger partial charge in [0.1, 0.15) is 11.5 Å². The van der Waals surface area contributed by atoms with Gasteiger partial charge in [-0.2, -0.15) is 0 Å². The maximum atomic E-state index is 13.4. The number of anilines is 1. The molecule has 3 aromatic carbocycles. The Morgan fingerprint density at radius 3 is 2.11 bits per heavy atom. The monoisotopic (exact) mass is 481 g/mol. The molecular formula is C28H23N3O3S. The highest BCUT2D eigenvalue weighted by Crippen LogP contribution is 2.32. The van der Waals surface area contributed by atoms with E-state index in [-0.39, 0.29) is 5.91 Å². The first-order chi connectivity index (χ1) is 17.1. The van der Waals surface area contributed by atoms with Crippen LogP contribution in [0.25, 0.3) is 33.4 Å². The molecule has 0 radical (unpaired) electrons. The van der Waals surface area contributed by atoms with Crippen LogP contribution in [-0.4, -0.2) is 30.1 Å². The molecule has 0 atom stereocenters. The van der Waals surface area contributed by atoms with Crippen LogP contribution in [0.15, 0.2) is 78.9 Å². The summed E-state index contributed by atoms with van der Waals surface area (Å²) in [6, 6.07) is 24.8. The molecule has 0 aliphatic carbocycles. The van der Waals surface area contributed by atoms with Gasteiger partial charge >= 0.3 is 0 Å². The predicted molar refractivity (Wildman–Crippen MR) is 141 cm³/mol. The Hall–Kier alpha value is -4.23. The van der Waals surface area contributed by atoms with E-state index in [0.717, 1.165) is 44.1 Å². The van der Waals surface area contributed by atoms with Gasteiger partial charge < -0.3 is 9.47 Å². The van der Waals surface area contributed by atoms with E-state index in [2.05, 4.69) is 5.32 Å². The largest absolute Gasteiger partial charge is 0.497 e. The van der Waals surface area contributed by atoms with Crippen molar-refractivity contribution in [2.45, 2.75) is 6.92 Å². The molecule has 5 rings (SSSR count). The summed E-state index contributed by atoms with van der Waals surface area (Å²) in [5, 5.41) is 4.33. The van der Waals surface area contributed by atoms with E-state index in [1.54, 1.807) is 14.2 Å². The van der Waals surface area contributed by atoms with Crippen LogP contribution in [-0.2, 0) is 0 Å². The molecule has 0 bridgehead atoms. The number of carbonyl (C=O) groups is 1. The van der Waals surface area contributed by atoms with Crippen molar-refractivity contribution < 1.29 is 14.3 Å². The molecule has 5 aromatic rings. The van der Waals surface area contributed by atoms with E-state index in [1.165, 1.54) is 11.3 Å². The van der Waals surface area contributed by atoms with Crippen LogP contribution in [0.2, 0.25) is 0 Å². The summed E-state index contributed by atoms with van der Waals surface area (Å²) in [4.78, 5) is 23.9. The van der Waals surface area contributed by atoms with Crippen molar-refractivity contribution in [3.8, 4) is 34.0 Å². The average molecular weight is 482 g/mol. The van der Waals surface area contributed by atoms with E-state index in [9.17, 15) is 4.79 Å². The fourth-order valence-corrected chi connectivity index (χ4v) is 4.73. The topological polar surface area (TPSA) is 73.3 Å². The van der Waals surface area contributed by atoms with Gasteiger partial charge in [-0.15, -0.1) is 11.3 Å². The molecule has 0 unspecified atom stereocenters. The van der Waals surface area contributed by atoms with Crippen LogP contribution in [0.5, 0.6) is 11.5 Å². The summed E-state index contributed by atoms with van der Waals surface area (Å²) in [6.45, 7) is 2.00. The molecule has 1 N–H and O–H groups in total. The smallest absolute Gasteiger partial charge is 0.258 e. The zero-order chi connectivity index (χ0) is 24.4. The first kappa shape index (κ1) is 22.6. The van der Waals surface area contributed by atoms with E-state index < -0.39 is 0 Å². The number of ether oxygens (including phenoxy) is 2. The Morgan fingerprint density at radius 2 is 1.46 bits per heavy atom. The first-order valence-corrected chi connectivity index (χ1v) is 11.8. The van der Waals surface area contributed by atoms with Gasteiger partial charge in [-0.05, 0) is 67.6 Å². The minimum atomic E-state index is -0.228. The average Bonchev–Trinajstić information content (AvgIpc) is 3.27. The van der Waals surface area contributed by atoms with Gasteiger partial charge in [0, 0.05) is 21.4 Å². The van der Waals surface area contributed by atoms with Crippen molar-refractivity contribution in [3.63, 3.8) is 0 Å². The molecule has 0 saturated heterocycles. The normalized spacial score (nSPS) is 10.8. The number of aryl methyl sites for hydroxylation is 1. The Kier molecular flexibility index (Phi) is 6.16. The second-order valence-electron chi connectivity index (χ2n) is 7.91. The number of hydrogen-bond acceptors (Lipinski definition) is 6. The van der Waals surface area contributed by atoms with Gasteiger partial charge in [0.2, 0.25) is 0 Å². The summed E-state index contributed by atoms with van der Waals surface area (Å²) in [5.74, 6) is 1.32. The van der Waals surface area contributed by atoms with Crippen LogP contribution < -0.4 is 14.8 Å². The molecule has 0 aliphatic heterocycles. The number of amides is 1. The summed E-state index contributed by atoms with van der Waals surface area (Å²) in [6.07, 6.45) is 0. The quantitative estimate of drug-likeness (QED) is 0.296. The number of nitrogens with one attached hydrogen (secondary N) is 1. The fraction of sp³-hybridized carbons (Fsp3) is 0.107. The highest BCUT2D eigenvalue weighted by Gasteiger charge is 2.17. The van der Waals surface area contributed by atoms with Crippen molar-refractivity contribution in [3.05, 3.63) is 89.3 Å². The molecule has 174 valence electrons. The van der Waals surface area contributed by atoms with Crippen LogP contribution >= 0.6 is 11.3 Å². The molecule has 7 heteroatoms. The molecule has 0 fully saturated rings. The third kappa shape index (κ3) is 4.58. The Morgan fingerprint density at radius 1 is 0.829 bits per heavy atom. The lowest BCUT2D eigenvalue weighted by molar-refractivity contribution is 0.102. The second-order valence-corrected chi connectivity index (χ2v) is 9.11. The molecule has 1 amide bonds. The van der Waals surface area contributed by atoms with Crippen LogP contribution in [0.1, 0.15) is 15.2 Å². The Balaban J connectivity index is 1.48. The number of methoxy groups -OCH3 is 2. The molecule has 0 spiro atoms. The van der Waals surface area contributed by atoms with E-state index in [0.29, 0.717) is 16.4 Å². The number of nitrogens with zero attached hydrogens (tertiary/aromatic N) is 2. The van der Waals surface area contributed by atoms with Crippen molar-refractivity contribution in [1.82, 2.24) is 9.97 Å². The molecule has 0 saturated carbocycles. The number of pyridine rings is 1. The first-order valence-electron chi connectivity index (χ1n) is 11.0. The molecule has 35 heavy (non-hydrogen) atoms. The van der Waals surface area contributed by atoms with E-state index in [1.807, 2.05) is 85.8 Å². The second kappa shape index (κ2) is 9.56. The summed E-state index contributed by atoms with van der Waals surface area (Å²) in [7, 11) is 3.27. The minimum absolute atomic E-state index is 0.228. The lowest BCUT2D eigenvalue weighted by atomic mass is 10.0. The number of hydrogen-bond donors (Lipinski definition) is 1. The number of benzene rings is 3. The summed E-state index contributed by atoms with van der Waals surface area (Å²) < 4.78 is 10.5. The van der Waals surface area contributed by atoms with Crippen molar-refractivity contribution >= 4 is 33.3 Å². The van der Waals surface area contributed by atoms with Crippen molar-refractivity contribution in [2.75, 3.05) is 19.5 Å². The zero-order valence-corrected chi connectivity index (χ0v) is 20.3. The Bertz CT molecular complexity index is 1510. The molecule has 6 nitrogen and oxygen atoms in total. The number of rotatable bonds is 6. The van der Waals surface area contributed by atoms with Crippen molar-refractivity contribution in [2.24, 2.45) is 0 Å². The maximum absolute atomic E-state index is 13.4. The van der Waals surface area contributed by atoms with Crippen LogP contribution in [0.4, 0.5) is 5.13 Å². The van der Waals surface area contributed by atoms with Gasteiger partial charge in [0.15, 0.2) is 5.13 Å². The highest BCUT2D eigenvalue weighted by atomic mass is 32.1. The number of fused-ring (bicyclic) bond motifs is 1. The SMILES string of the molecule is COc1ccc(-c2cc(C(=O)Nc3nc(-c4ccc(OC)cc4)c(C)s3)c3ccccc3n2)cc1. The van der Waals surface area contributed by atoms with Crippen LogP contribution in [0, 0.1) is 6.92 Å². The van der Waals surface area contributed by atoms with Gasteiger partial charge in [0.05, 0.1) is 36.7 Å². The number of thiazole rings is 1. The molecular weight excluding hydrogens is 458 g/mol. The minimum Gasteiger partial charge on any atom is -0.497 e. The van der Waals surface area contributed by atoms with Gasteiger partial charge in [-0.25, -0.2) is 9.97 Å². The van der Waals surface area contributed by atoms with Gasteiger partial charge in [0.25, 0.3) is 5.91 Å². The predicted octanol–water partition coefficient (Wildman–Crippen LogP) is 6.60. The molecule has 2 heterocycles. The number of para-hydroxylation sites is 1. The third-order valence-corrected chi connectivity index (χ3v) is 6.61. The van der Waals surface area contributed by atoms with E-state index in [4.69, 9.17) is 19.4 Å². The standard InChI is InChI=1S/C28H23N3O3S/c1-17-26(19-10-14-21(34-3)15-11-19)30-28(35-17)31-27(32)23-16-25(18-8-12-20(33-2)13-9-18)29-24-7-5-4-6-22(23)24/h4-16H,1-3H3,(H,30,31,32). The fourth-order valence-electron chi connectivity index (χ4n) is 3.90. The lowest BCUT2D eigenvalue weighted by Crippen LogP contribution is -2.13. The number of aromatic nitrogens is 2. The van der Waals surface area contributed by atoms with Gasteiger partial charge in [-0.3, -0.25) is 10.1 Å². The summed E-state index contributed by atoms with van der Waals surface area (Å²) >= 11 is 1.45. The third-order valence-electron chi connectivity index (χ3n) is 5.73. The van der Waals surface area contributed by atoms with Crippen LogP contribution in [0.3, 0.4) is 0 Å². The molecule has 2 aromatic heterocycles. The highest BCUT2D eigenvalue weighted by molar-refractivity contribution is 7.16. The zero-order valence-electron chi connectivity index (χ0n) is 19.5. The van der Waals surface area contributed by atoms with Crippen molar-refractivity contribution in [1.29, 1.82) is 0 Å². The Labute approximate surface area is 207 Å². The molecule has 0 aliphatic rings. The summed E-state index contributed by atoms with van der Waals surface area (Å²) in [5.41, 5.74) is 4.71. The van der Waals surface area contributed by atoms with Gasteiger partial charge in [-0.1, -0.05) is 18.2 Å². The lowest BCUT2D eigenvalue weighted by Gasteiger charge is -2.10. The number of carbonyl (C=O) groups excluding carboxylic acids is 1. The maximum Gasteiger partial charge on any atom is 0.258 e. The van der Waals surface area contributed by atoms with E-state index >= 15 is 0 Å².